The van der Waals surface area contributed by atoms with Crippen molar-refractivity contribution >= 4 is 21.7 Å². The molecule has 0 heterocycles. The molecule has 0 unspecified atom stereocenters. The van der Waals surface area contributed by atoms with Crippen LogP contribution in [0.15, 0.2) is 103 Å². The highest BCUT2D eigenvalue weighted by Gasteiger charge is 2.28. The number of nitrogens with zero attached hydrogens (tertiary/aromatic N) is 1. The summed E-state index contributed by atoms with van der Waals surface area (Å²) >= 11 is 0. The van der Waals surface area contributed by atoms with Crippen LogP contribution in [-0.2, 0) is 32.7 Å². The van der Waals surface area contributed by atoms with Gasteiger partial charge >= 0.3 is 5.97 Å². The van der Waals surface area contributed by atoms with Gasteiger partial charge in [0, 0.05) is 25.2 Å². The Bertz CT molecular complexity index is 1760. The minimum absolute atomic E-state index is 0.0355. The quantitative estimate of drug-likeness (QED) is 0.110. The van der Waals surface area contributed by atoms with Crippen molar-refractivity contribution in [2.45, 2.75) is 63.8 Å². The van der Waals surface area contributed by atoms with Gasteiger partial charge in [-0.25, -0.2) is 13.2 Å². The topological polar surface area (TPSA) is 124 Å². The fourth-order valence-electron chi connectivity index (χ4n) is 6.37. The van der Waals surface area contributed by atoms with Gasteiger partial charge in [0.05, 0.1) is 18.6 Å². The molecule has 1 fully saturated rings. The predicted octanol–water partition coefficient (Wildman–Crippen LogP) is 6.55. The molecule has 0 amide bonds. The maximum Gasteiger partial charge on any atom is 0.344 e. The van der Waals surface area contributed by atoms with Crippen molar-refractivity contribution in [2.75, 3.05) is 37.3 Å². The van der Waals surface area contributed by atoms with E-state index in [-0.39, 0.29) is 37.5 Å². The summed E-state index contributed by atoms with van der Waals surface area (Å²) < 4.78 is 49.2. The minimum atomic E-state index is -3.58. The second-order valence-electron chi connectivity index (χ2n) is 12.9. The number of benzene rings is 4. The average molecular weight is 717 g/mol. The Balaban J connectivity index is 1.18. The van der Waals surface area contributed by atoms with Crippen LogP contribution >= 0.6 is 0 Å². The maximum atomic E-state index is 12.1. The summed E-state index contributed by atoms with van der Waals surface area (Å²) in [6.45, 7) is 3.42. The molecular formula is C40H48N2O8S. The molecular weight excluding hydrogens is 669 g/mol. The van der Waals surface area contributed by atoms with E-state index in [0.29, 0.717) is 42.9 Å². The third-order valence-corrected chi connectivity index (χ3v) is 9.42. The second-order valence-corrected chi connectivity index (χ2v) is 14.6. The fourth-order valence-corrected chi connectivity index (χ4v) is 6.93. The molecule has 11 heteroatoms. The summed E-state index contributed by atoms with van der Waals surface area (Å²) in [5, 5.41) is 11.2. The van der Waals surface area contributed by atoms with Crippen LogP contribution in [0, 0.1) is 0 Å². The molecule has 4 aromatic carbocycles. The first-order chi connectivity index (χ1) is 24.6. The van der Waals surface area contributed by atoms with Crippen LogP contribution in [0.2, 0.25) is 0 Å². The molecule has 1 saturated carbocycles. The van der Waals surface area contributed by atoms with Crippen molar-refractivity contribution in [2.24, 2.45) is 0 Å². The van der Waals surface area contributed by atoms with Crippen LogP contribution in [0.3, 0.4) is 0 Å². The molecule has 1 atom stereocenters. The Morgan fingerprint density at radius 1 is 0.843 bits per heavy atom. The first kappa shape index (κ1) is 37.7. The second kappa shape index (κ2) is 18.6. The molecule has 2 N–H and O–H groups in total. The molecule has 5 rings (SSSR count). The van der Waals surface area contributed by atoms with Crippen molar-refractivity contribution < 1.29 is 37.3 Å². The van der Waals surface area contributed by atoms with Gasteiger partial charge < -0.3 is 24.1 Å². The van der Waals surface area contributed by atoms with Gasteiger partial charge in [0.15, 0.2) is 6.61 Å². The molecule has 4 aromatic rings. The summed E-state index contributed by atoms with van der Waals surface area (Å²) in [7, 11) is -3.58. The zero-order valence-corrected chi connectivity index (χ0v) is 30.1. The van der Waals surface area contributed by atoms with Crippen LogP contribution in [0.4, 0.5) is 5.69 Å². The van der Waals surface area contributed by atoms with Crippen LogP contribution in [0.5, 0.6) is 17.2 Å². The molecule has 1 aliphatic carbocycles. The van der Waals surface area contributed by atoms with Crippen molar-refractivity contribution in [1.29, 1.82) is 0 Å². The van der Waals surface area contributed by atoms with E-state index < -0.39 is 16.1 Å². The highest BCUT2D eigenvalue weighted by molar-refractivity contribution is 7.92. The molecule has 0 bridgehead atoms. The average Bonchev–Trinajstić information content (AvgIpc) is 3.13. The molecule has 10 nitrogen and oxygen atoms in total. The lowest BCUT2D eigenvalue weighted by Gasteiger charge is -2.38. The van der Waals surface area contributed by atoms with Gasteiger partial charge in [-0.1, -0.05) is 72.8 Å². The number of aliphatic hydroxyl groups excluding tert-OH is 1. The molecule has 272 valence electrons. The molecule has 1 aliphatic rings. The largest absolute Gasteiger partial charge is 0.491 e. The normalized spacial score (nSPS) is 16.6. The number of sulfonamides is 1. The Morgan fingerprint density at radius 2 is 1.49 bits per heavy atom. The van der Waals surface area contributed by atoms with Crippen molar-refractivity contribution in [3.05, 3.63) is 120 Å². The number of aliphatic hydroxyl groups is 1. The van der Waals surface area contributed by atoms with E-state index in [1.165, 1.54) is 11.1 Å². The van der Waals surface area contributed by atoms with E-state index in [9.17, 15) is 18.3 Å². The molecule has 0 saturated heterocycles. The number of hydrogen-bond acceptors (Lipinski definition) is 9. The van der Waals surface area contributed by atoms with Crippen LogP contribution < -0.4 is 18.9 Å². The lowest BCUT2D eigenvalue weighted by atomic mass is 9.81. The van der Waals surface area contributed by atoms with Gasteiger partial charge in [-0.3, -0.25) is 9.62 Å². The molecule has 0 aromatic heterocycles. The van der Waals surface area contributed by atoms with Gasteiger partial charge in [-0.15, -0.1) is 0 Å². The van der Waals surface area contributed by atoms with Crippen molar-refractivity contribution in [3.63, 3.8) is 0 Å². The Hall–Kier alpha value is -4.58. The number of nitrogens with one attached hydrogen (secondary N) is 1. The third-order valence-electron chi connectivity index (χ3n) is 8.83. The Morgan fingerprint density at radius 3 is 2.14 bits per heavy atom. The van der Waals surface area contributed by atoms with E-state index >= 15 is 0 Å². The van der Waals surface area contributed by atoms with Crippen LogP contribution in [0.1, 0.15) is 55.2 Å². The van der Waals surface area contributed by atoms with Crippen LogP contribution in [0.25, 0.3) is 0 Å². The lowest BCUT2D eigenvalue weighted by molar-refractivity contribution is -0.145. The van der Waals surface area contributed by atoms with E-state index in [1.54, 1.807) is 25.1 Å². The van der Waals surface area contributed by atoms with Crippen molar-refractivity contribution in [3.8, 4) is 17.2 Å². The lowest BCUT2D eigenvalue weighted by Crippen LogP contribution is -2.43. The van der Waals surface area contributed by atoms with E-state index in [4.69, 9.17) is 18.9 Å². The predicted molar refractivity (Wildman–Crippen MR) is 198 cm³/mol. The van der Waals surface area contributed by atoms with E-state index in [1.807, 2.05) is 60.7 Å². The number of ether oxygens (including phenoxy) is 4. The summed E-state index contributed by atoms with van der Waals surface area (Å²) in [6.07, 6.45) is 4.30. The smallest absolute Gasteiger partial charge is 0.344 e. The SMILES string of the molecule is CCOC(=O)COc1ccc(C2CCC(N(Cc3ccccc3)C[C@H](O)COc3ccc(OCc4ccccc4)c(NS(C)(=O)=O)c3)CC2)cc1. The first-order valence-electron chi connectivity index (χ1n) is 17.4. The van der Waals surface area contributed by atoms with E-state index in [0.717, 1.165) is 37.5 Å². The summed E-state index contributed by atoms with van der Waals surface area (Å²) in [4.78, 5) is 14.0. The van der Waals surface area contributed by atoms with Crippen molar-refractivity contribution in [1.82, 2.24) is 4.90 Å². The first-order valence-corrected chi connectivity index (χ1v) is 19.3. The third kappa shape index (κ3) is 12.3. The highest BCUT2D eigenvalue weighted by atomic mass is 32.2. The molecule has 51 heavy (non-hydrogen) atoms. The highest BCUT2D eigenvalue weighted by Crippen LogP contribution is 2.36. The number of carbonyl (C=O) groups excluding carboxylic acids is 1. The monoisotopic (exact) mass is 716 g/mol. The summed E-state index contributed by atoms with van der Waals surface area (Å²) in [5.74, 6) is 1.47. The summed E-state index contributed by atoms with van der Waals surface area (Å²) in [5.41, 5.74) is 3.64. The van der Waals surface area contributed by atoms with E-state index in [2.05, 4.69) is 33.9 Å². The number of carbonyl (C=O) groups is 1. The molecule has 0 spiro atoms. The number of hydrogen-bond donors (Lipinski definition) is 2. The molecule has 0 radical (unpaired) electrons. The van der Waals surface area contributed by atoms with Gasteiger partial charge in [0.1, 0.15) is 36.6 Å². The zero-order valence-electron chi connectivity index (χ0n) is 29.3. The number of esters is 1. The number of rotatable bonds is 18. The Labute approximate surface area is 301 Å². The number of anilines is 1. The zero-order chi connectivity index (χ0) is 36.1. The van der Waals surface area contributed by atoms with Gasteiger partial charge in [0.25, 0.3) is 0 Å². The fraction of sp³-hybridized carbons (Fsp3) is 0.375. The van der Waals surface area contributed by atoms with Gasteiger partial charge in [0.2, 0.25) is 10.0 Å². The molecule has 0 aliphatic heterocycles. The minimum Gasteiger partial charge on any atom is -0.491 e. The standard InChI is InChI=1S/C40H48N2O8S/c1-3-47-40(44)29-49-36-20-16-33(17-21-36)32-14-18-34(19-15-32)42(25-30-10-6-4-7-11-30)26-35(43)28-48-37-22-23-39(38(24-37)41-51(2,45)46)50-27-31-12-8-5-9-13-31/h4-13,16-17,20-24,32,34-35,41,43H,3,14-15,18-19,25-29H2,1-2H3/t32?,34?,35-/m0/s1. The Kier molecular flexibility index (Phi) is 13.7. The van der Waals surface area contributed by atoms with Gasteiger partial charge in [-0.2, -0.15) is 0 Å². The summed E-state index contributed by atoms with van der Waals surface area (Å²) in [6, 6.07) is 33.1. The maximum absolute atomic E-state index is 12.1. The van der Waals surface area contributed by atoms with Crippen LogP contribution in [-0.4, -0.2) is 69.2 Å². The van der Waals surface area contributed by atoms with Gasteiger partial charge in [-0.05, 0) is 79.5 Å².